The zero-order valence-electron chi connectivity index (χ0n) is 12.5. The number of rotatable bonds is 2. The van der Waals surface area contributed by atoms with E-state index in [0.29, 0.717) is 31.3 Å². The summed E-state index contributed by atoms with van der Waals surface area (Å²) in [6, 6.07) is 0. The van der Waals surface area contributed by atoms with Crippen molar-refractivity contribution in [3.63, 3.8) is 0 Å². The minimum atomic E-state index is -0.448. The summed E-state index contributed by atoms with van der Waals surface area (Å²) < 4.78 is 10.3. The predicted octanol–water partition coefficient (Wildman–Crippen LogP) is 1.43. The van der Waals surface area contributed by atoms with Gasteiger partial charge >= 0.3 is 6.09 Å². The van der Waals surface area contributed by atoms with Gasteiger partial charge in [0.15, 0.2) is 5.82 Å². The fourth-order valence-electron chi connectivity index (χ4n) is 2.02. The van der Waals surface area contributed by atoms with Crippen molar-refractivity contribution in [1.82, 2.24) is 19.9 Å². The van der Waals surface area contributed by atoms with Gasteiger partial charge in [-0.2, -0.15) is 4.98 Å². The van der Waals surface area contributed by atoms with E-state index in [1.807, 2.05) is 20.8 Å². The first-order valence-corrected chi connectivity index (χ1v) is 6.83. The van der Waals surface area contributed by atoms with Crippen LogP contribution in [0, 0.1) is 6.92 Å². The minimum absolute atomic E-state index is 0.243. The molecule has 1 saturated heterocycles. The zero-order valence-corrected chi connectivity index (χ0v) is 12.5. The number of ether oxygens (including phenoxy) is 1. The highest BCUT2D eigenvalue weighted by Gasteiger charge is 2.26. The van der Waals surface area contributed by atoms with Gasteiger partial charge in [-0.05, 0) is 20.8 Å². The number of piperazine rings is 1. The maximum atomic E-state index is 11.9. The average Bonchev–Trinajstić information content (AvgIpc) is 2.73. The molecule has 1 aliphatic rings. The number of amides is 1. The van der Waals surface area contributed by atoms with Crippen LogP contribution in [0.15, 0.2) is 4.52 Å². The van der Waals surface area contributed by atoms with Crippen LogP contribution in [-0.4, -0.2) is 57.8 Å². The lowest BCUT2D eigenvalue weighted by Crippen LogP contribution is -2.49. The predicted molar refractivity (Wildman–Crippen MR) is 72.1 cm³/mol. The van der Waals surface area contributed by atoms with E-state index in [-0.39, 0.29) is 6.09 Å². The molecule has 1 aromatic heterocycles. The third kappa shape index (κ3) is 4.19. The van der Waals surface area contributed by atoms with Gasteiger partial charge in [-0.3, -0.25) is 4.90 Å². The maximum absolute atomic E-state index is 11.9. The summed E-state index contributed by atoms with van der Waals surface area (Å²) in [5.41, 5.74) is -0.448. The molecule has 1 aliphatic heterocycles. The van der Waals surface area contributed by atoms with Crippen molar-refractivity contribution >= 4 is 6.09 Å². The van der Waals surface area contributed by atoms with Crippen molar-refractivity contribution < 1.29 is 14.1 Å². The Labute approximate surface area is 118 Å². The Hall–Kier alpha value is -1.63. The molecule has 1 amide bonds. The Morgan fingerprint density at radius 2 is 1.95 bits per heavy atom. The number of aromatic nitrogens is 2. The van der Waals surface area contributed by atoms with Gasteiger partial charge in [0.2, 0.25) is 5.89 Å². The van der Waals surface area contributed by atoms with Crippen molar-refractivity contribution in [3.8, 4) is 0 Å². The van der Waals surface area contributed by atoms with Crippen molar-refractivity contribution in [2.45, 2.75) is 39.8 Å². The summed E-state index contributed by atoms with van der Waals surface area (Å²) in [5, 5.41) is 3.88. The van der Waals surface area contributed by atoms with E-state index in [4.69, 9.17) is 9.26 Å². The van der Waals surface area contributed by atoms with Gasteiger partial charge in [0.1, 0.15) is 5.60 Å². The van der Waals surface area contributed by atoms with E-state index in [1.54, 1.807) is 11.8 Å². The van der Waals surface area contributed by atoms with Crippen molar-refractivity contribution in [1.29, 1.82) is 0 Å². The number of nitrogens with zero attached hydrogens (tertiary/aromatic N) is 4. The molecular formula is C13H22N4O3. The molecule has 2 heterocycles. The molecule has 0 aliphatic carbocycles. The normalized spacial score (nSPS) is 17.3. The fraction of sp³-hybridized carbons (Fsp3) is 0.769. The molecule has 0 N–H and O–H groups in total. The summed E-state index contributed by atoms with van der Waals surface area (Å²) in [6.45, 7) is 10.9. The number of hydrogen-bond donors (Lipinski definition) is 0. The molecule has 1 fully saturated rings. The van der Waals surface area contributed by atoms with Crippen LogP contribution in [0.1, 0.15) is 32.5 Å². The maximum Gasteiger partial charge on any atom is 0.410 e. The van der Waals surface area contributed by atoms with Gasteiger partial charge in [-0.1, -0.05) is 5.16 Å². The molecule has 112 valence electrons. The number of carbonyl (C=O) groups excluding carboxylic acids is 1. The van der Waals surface area contributed by atoms with Gasteiger partial charge in [-0.15, -0.1) is 0 Å². The lowest BCUT2D eigenvalue weighted by Gasteiger charge is -2.35. The summed E-state index contributed by atoms with van der Waals surface area (Å²) in [5.74, 6) is 1.26. The zero-order chi connectivity index (χ0) is 14.8. The molecule has 0 spiro atoms. The first-order valence-electron chi connectivity index (χ1n) is 6.83. The SMILES string of the molecule is Cc1nc(CN2CCN(C(=O)OC(C)(C)C)CC2)no1. The quantitative estimate of drug-likeness (QED) is 0.817. The number of aryl methyl sites for hydroxylation is 1. The Kier molecular flexibility index (Phi) is 4.27. The highest BCUT2D eigenvalue weighted by molar-refractivity contribution is 5.68. The van der Waals surface area contributed by atoms with Crippen LogP contribution in [0.25, 0.3) is 0 Å². The van der Waals surface area contributed by atoms with Crippen LogP contribution in [0.5, 0.6) is 0 Å². The summed E-state index contributed by atoms with van der Waals surface area (Å²) in [7, 11) is 0. The second-order valence-corrected chi connectivity index (χ2v) is 5.97. The van der Waals surface area contributed by atoms with Crippen LogP contribution in [0.3, 0.4) is 0 Å². The van der Waals surface area contributed by atoms with Crippen LogP contribution in [0.2, 0.25) is 0 Å². The fourth-order valence-corrected chi connectivity index (χ4v) is 2.02. The van der Waals surface area contributed by atoms with Crippen molar-refractivity contribution in [2.24, 2.45) is 0 Å². The standard InChI is InChI=1S/C13H22N4O3/c1-10-14-11(15-20-10)9-16-5-7-17(8-6-16)12(18)19-13(2,3)4/h5-9H2,1-4H3. The monoisotopic (exact) mass is 282 g/mol. The summed E-state index contributed by atoms with van der Waals surface area (Å²) in [6.07, 6.45) is -0.243. The smallest absolute Gasteiger partial charge is 0.410 e. The van der Waals surface area contributed by atoms with E-state index in [1.165, 1.54) is 0 Å². The molecular weight excluding hydrogens is 260 g/mol. The molecule has 0 bridgehead atoms. The molecule has 0 unspecified atom stereocenters. The van der Waals surface area contributed by atoms with Crippen LogP contribution >= 0.6 is 0 Å². The van der Waals surface area contributed by atoms with E-state index >= 15 is 0 Å². The Morgan fingerprint density at radius 3 is 2.45 bits per heavy atom. The van der Waals surface area contributed by atoms with Gasteiger partial charge in [0.25, 0.3) is 0 Å². The first kappa shape index (κ1) is 14.8. The summed E-state index contributed by atoms with van der Waals surface area (Å²) in [4.78, 5) is 20.0. The molecule has 0 radical (unpaired) electrons. The third-order valence-electron chi connectivity index (χ3n) is 2.96. The molecule has 1 aromatic rings. The van der Waals surface area contributed by atoms with Gasteiger partial charge < -0.3 is 14.2 Å². The molecule has 7 heteroatoms. The lowest BCUT2D eigenvalue weighted by molar-refractivity contribution is 0.0136. The van der Waals surface area contributed by atoms with E-state index < -0.39 is 5.60 Å². The van der Waals surface area contributed by atoms with Gasteiger partial charge in [0.05, 0.1) is 6.54 Å². The molecule has 20 heavy (non-hydrogen) atoms. The second-order valence-electron chi connectivity index (χ2n) is 5.97. The van der Waals surface area contributed by atoms with Crippen LogP contribution in [0.4, 0.5) is 4.79 Å². The molecule has 2 rings (SSSR count). The highest BCUT2D eigenvalue weighted by atomic mass is 16.6. The van der Waals surface area contributed by atoms with Crippen LogP contribution in [-0.2, 0) is 11.3 Å². The van der Waals surface area contributed by atoms with Gasteiger partial charge in [0, 0.05) is 33.1 Å². The average molecular weight is 282 g/mol. The molecule has 7 nitrogen and oxygen atoms in total. The summed E-state index contributed by atoms with van der Waals surface area (Å²) >= 11 is 0. The van der Waals surface area contributed by atoms with Crippen molar-refractivity contribution in [3.05, 3.63) is 11.7 Å². The lowest BCUT2D eigenvalue weighted by atomic mass is 10.2. The van der Waals surface area contributed by atoms with E-state index in [2.05, 4.69) is 15.0 Å². The van der Waals surface area contributed by atoms with E-state index in [9.17, 15) is 4.79 Å². The van der Waals surface area contributed by atoms with E-state index in [0.717, 1.165) is 13.1 Å². The van der Waals surface area contributed by atoms with Crippen LogP contribution < -0.4 is 0 Å². The first-order chi connectivity index (χ1) is 9.33. The molecule has 0 atom stereocenters. The van der Waals surface area contributed by atoms with Gasteiger partial charge in [-0.25, -0.2) is 4.79 Å². The van der Waals surface area contributed by atoms with Crippen molar-refractivity contribution in [2.75, 3.05) is 26.2 Å². The Bertz CT molecular complexity index is 458. The number of hydrogen-bond acceptors (Lipinski definition) is 6. The Morgan fingerprint density at radius 1 is 1.30 bits per heavy atom. The molecule has 0 aromatic carbocycles. The highest BCUT2D eigenvalue weighted by Crippen LogP contribution is 2.12. The Balaban J connectivity index is 1.79. The minimum Gasteiger partial charge on any atom is -0.444 e. The topological polar surface area (TPSA) is 71.7 Å². The second kappa shape index (κ2) is 5.78. The third-order valence-corrected chi connectivity index (χ3v) is 2.96. The number of carbonyl (C=O) groups is 1. The molecule has 0 saturated carbocycles. The largest absolute Gasteiger partial charge is 0.444 e.